The summed E-state index contributed by atoms with van der Waals surface area (Å²) in [4.78, 5) is 4.35. The Balaban J connectivity index is 1.75. The minimum atomic E-state index is 0.298. The van der Waals surface area contributed by atoms with E-state index in [0.29, 0.717) is 18.5 Å². The lowest BCUT2D eigenvalue weighted by atomic mass is 10.1. The second kappa shape index (κ2) is 6.67. The average molecular weight is 307 g/mol. The largest absolute Gasteiger partial charge is 0.489 e. The Morgan fingerprint density at radius 2 is 1.96 bits per heavy atom. The van der Waals surface area contributed by atoms with Crippen molar-refractivity contribution in [1.82, 2.24) is 10.3 Å². The Kier molecular flexibility index (Phi) is 4.44. The monoisotopic (exact) mass is 307 g/mol. The second-order valence-corrected chi connectivity index (χ2v) is 5.63. The highest BCUT2D eigenvalue weighted by Crippen LogP contribution is 2.21. The summed E-state index contributed by atoms with van der Waals surface area (Å²) in [6.07, 6.45) is 0. The number of fused-ring (bicyclic) bond motifs is 1. The van der Waals surface area contributed by atoms with Gasteiger partial charge in [-0.2, -0.15) is 0 Å². The highest BCUT2D eigenvalue weighted by Gasteiger charge is 2.04. The molecule has 0 aliphatic rings. The fraction of sp³-hybridized carbons (Fsp3) is 0.211. The number of nitrogens with zero attached hydrogens (tertiary/aromatic N) is 1. The molecule has 4 heteroatoms. The molecule has 3 N–H and O–H groups in total. The molecule has 0 saturated heterocycles. The summed E-state index contributed by atoms with van der Waals surface area (Å²) in [7, 11) is 1.95. The average Bonchev–Trinajstić information content (AvgIpc) is 2.59. The van der Waals surface area contributed by atoms with E-state index in [0.717, 1.165) is 22.2 Å². The zero-order chi connectivity index (χ0) is 16.2. The van der Waals surface area contributed by atoms with Crippen molar-refractivity contribution in [2.75, 3.05) is 12.8 Å². The van der Waals surface area contributed by atoms with E-state index in [4.69, 9.17) is 10.5 Å². The molecule has 1 unspecified atom stereocenters. The Bertz CT molecular complexity index is 817. The minimum absolute atomic E-state index is 0.298. The Morgan fingerprint density at radius 3 is 2.78 bits per heavy atom. The second-order valence-electron chi connectivity index (χ2n) is 5.63. The molecular formula is C19H21N3O. The van der Waals surface area contributed by atoms with Crippen molar-refractivity contribution in [2.45, 2.75) is 19.6 Å². The van der Waals surface area contributed by atoms with Crippen LogP contribution < -0.4 is 15.8 Å². The standard InChI is InChI=1S/C19H21N3O/c1-13(21-2)16-4-3-5-17(11-16)23-12-14-6-7-15-8-9-19(20)22-18(15)10-14/h3-11,13,21H,12H2,1-2H3,(H2,20,22). The van der Waals surface area contributed by atoms with Gasteiger partial charge in [0.15, 0.2) is 0 Å². The Hall–Kier alpha value is -2.59. The van der Waals surface area contributed by atoms with E-state index in [1.807, 2.05) is 43.4 Å². The number of nitrogen functional groups attached to an aromatic ring is 1. The van der Waals surface area contributed by atoms with Crippen LogP contribution in [0, 0.1) is 0 Å². The van der Waals surface area contributed by atoms with Crippen LogP contribution in [0.2, 0.25) is 0 Å². The maximum atomic E-state index is 5.92. The van der Waals surface area contributed by atoms with Gasteiger partial charge in [0.25, 0.3) is 0 Å². The maximum Gasteiger partial charge on any atom is 0.124 e. The molecule has 0 radical (unpaired) electrons. The van der Waals surface area contributed by atoms with Crippen LogP contribution in [-0.4, -0.2) is 12.0 Å². The summed E-state index contributed by atoms with van der Waals surface area (Å²) in [6, 6.07) is 18.4. The van der Waals surface area contributed by atoms with E-state index in [9.17, 15) is 0 Å². The lowest BCUT2D eigenvalue weighted by Crippen LogP contribution is -2.12. The van der Waals surface area contributed by atoms with Crippen LogP contribution in [0.5, 0.6) is 5.75 Å². The summed E-state index contributed by atoms with van der Waals surface area (Å²) >= 11 is 0. The maximum absolute atomic E-state index is 5.92. The van der Waals surface area contributed by atoms with E-state index in [-0.39, 0.29) is 0 Å². The topological polar surface area (TPSA) is 60.2 Å². The highest BCUT2D eigenvalue weighted by molar-refractivity contribution is 5.80. The van der Waals surface area contributed by atoms with E-state index < -0.39 is 0 Å². The molecule has 118 valence electrons. The Morgan fingerprint density at radius 1 is 1.13 bits per heavy atom. The van der Waals surface area contributed by atoms with E-state index >= 15 is 0 Å². The van der Waals surface area contributed by atoms with Crippen molar-refractivity contribution in [3.63, 3.8) is 0 Å². The third-order valence-corrected chi connectivity index (χ3v) is 3.97. The van der Waals surface area contributed by atoms with Crippen LogP contribution >= 0.6 is 0 Å². The van der Waals surface area contributed by atoms with E-state index in [1.165, 1.54) is 5.56 Å². The van der Waals surface area contributed by atoms with Crippen molar-refractivity contribution < 1.29 is 4.74 Å². The molecule has 0 saturated carbocycles. The SMILES string of the molecule is CNC(C)c1cccc(OCc2ccc3ccc(N)nc3c2)c1. The number of nitrogens with two attached hydrogens (primary N) is 1. The number of rotatable bonds is 5. The number of ether oxygens (including phenoxy) is 1. The highest BCUT2D eigenvalue weighted by atomic mass is 16.5. The van der Waals surface area contributed by atoms with Crippen LogP contribution in [0.15, 0.2) is 54.6 Å². The molecule has 0 spiro atoms. The van der Waals surface area contributed by atoms with Gasteiger partial charge in [0.1, 0.15) is 18.2 Å². The number of nitrogens with one attached hydrogen (secondary N) is 1. The van der Waals surface area contributed by atoms with Crippen molar-refractivity contribution in [3.05, 3.63) is 65.7 Å². The fourth-order valence-electron chi connectivity index (χ4n) is 2.48. The van der Waals surface area contributed by atoms with E-state index in [2.05, 4.69) is 35.4 Å². The molecule has 1 aromatic heterocycles. The van der Waals surface area contributed by atoms with Gasteiger partial charge in [0.2, 0.25) is 0 Å². The molecule has 2 aromatic carbocycles. The van der Waals surface area contributed by atoms with Gasteiger partial charge >= 0.3 is 0 Å². The summed E-state index contributed by atoms with van der Waals surface area (Å²) in [6.45, 7) is 2.63. The van der Waals surface area contributed by atoms with Crippen LogP contribution in [0.25, 0.3) is 10.9 Å². The van der Waals surface area contributed by atoms with Crippen LogP contribution in [0.4, 0.5) is 5.82 Å². The molecule has 1 atom stereocenters. The van der Waals surface area contributed by atoms with Gasteiger partial charge in [0, 0.05) is 11.4 Å². The Labute approximate surface area is 136 Å². The first-order valence-electron chi connectivity index (χ1n) is 7.71. The zero-order valence-electron chi connectivity index (χ0n) is 13.4. The lowest BCUT2D eigenvalue weighted by Gasteiger charge is -2.13. The van der Waals surface area contributed by atoms with Crippen molar-refractivity contribution in [1.29, 1.82) is 0 Å². The molecule has 1 heterocycles. The molecule has 0 bridgehead atoms. The van der Waals surface area contributed by atoms with Crippen LogP contribution in [-0.2, 0) is 6.61 Å². The van der Waals surface area contributed by atoms with Crippen LogP contribution in [0.3, 0.4) is 0 Å². The zero-order valence-corrected chi connectivity index (χ0v) is 13.4. The van der Waals surface area contributed by atoms with Gasteiger partial charge in [-0.05, 0) is 55.4 Å². The molecule has 23 heavy (non-hydrogen) atoms. The number of hydrogen-bond acceptors (Lipinski definition) is 4. The molecule has 3 rings (SSSR count). The van der Waals surface area contributed by atoms with Gasteiger partial charge in [-0.3, -0.25) is 0 Å². The summed E-state index contributed by atoms with van der Waals surface area (Å²) < 4.78 is 5.92. The molecule has 0 amide bonds. The smallest absolute Gasteiger partial charge is 0.124 e. The number of aromatic nitrogens is 1. The fourth-order valence-corrected chi connectivity index (χ4v) is 2.48. The molecule has 3 aromatic rings. The molecule has 0 aliphatic carbocycles. The van der Waals surface area contributed by atoms with Gasteiger partial charge in [-0.15, -0.1) is 0 Å². The van der Waals surface area contributed by atoms with Gasteiger partial charge < -0.3 is 15.8 Å². The molecule has 0 fully saturated rings. The molecule has 0 aliphatic heterocycles. The molecule has 4 nitrogen and oxygen atoms in total. The minimum Gasteiger partial charge on any atom is -0.489 e. The summed E-state index contributed by atoms with van der Waals surface area (Å²) in [5.41, 5.74) is 8.92. The number of pyridine rings is 1. The van der Waals surface area contributed by atoms with Crippen molar-refractivity contribution in [3.8, 4) is 5.75 Å². The predicted molar refractivity (Wildman–Crippen MR) is 94.4 cm³/mol. The number of benzene rings is 2. The third kappa shape index (κ3) is 3.60. The van der Waals surface area contributed by atoms with Crippen molar-refractivity contribution in [2.24, 2.45) is 0 Å². The quantitative estimate of drug-likeness (QED) is 0.755. The number of hydrogen-bond donors (Lipinski definition) is 2. The summed E-state index contributed by atoms with van der Waals surface area (Å²) in [5, 5.41) is 4.31. The first-order valence-corrected chi connectivity index (χ1v) is 7.71. The first kappa shape index (κ1) is 15.3. The molecular weight excluding hydrogens is 286 g/mol. The normalized spacial score (nSPS) is 12.3. The number of anilines is 1. The van der Waals surface area contributed by atoms with E-state index in [1.54, 1.807) is 0 Å². The van der Waals surface area contributed by atoms with Gasteiger partial charge in [-0.1, -0.05) is 24.3 Å². The first-order chi connectivity index (χ1) is 11.2. The van der Waals surface area contributed by atoms with Gasteiger partial charge in [0.05, 0.1) is 5.52 Å². The lowest BCUT2D eigenvalue weighted by molar-refractivity contribution is 0.306. The summed E-state index contributed by atoms with van der Waals surface area (Å²) in [5.74, 6) is 1.40. The predicted octanol–water partition coefficient (Wildman–Crippen LogP) is 3.68. The third-order valence-electron chi connectivity index (χ3n) is 3.97. The van der Waals surface area contributed by atoms with Crippen molar-refractivity contribution >= 4 is 16.7 Å². The van der Waals surface area contributed by atoms with Crippen LogP contribution in [0.1, 0.15) is 24.1 Å². The van der Waals surface area contributed by atoms with Gasteiger partial charge in [-0.25, -0.2) is 4.98 Å².